The number of carbonyl (C=O) groups excluding carboxylic acids is 1. The van der Waals surface area contributed by atoms with Crippen LogP contribution in [0.5, 0.6) is 0 Å². The molecule has 0 bridgehead atoms. The number of allylic oxidation sites excluding steroid dienone is 2. The van der Waals surface area contributed by atoms with E-state index in [1.54, 1.807) is 12.1 Å². The Balaban J connectivity index is 1.71. The Hall–Kier alpha value is -3.00. The molecule has 4 rings (SSSR count). The van der Waals surface area contributed by atoms with Gasteiger partial charge in [-0.05, 0) is 52.5 Å². The third-order valence-corrected chi connectivity index (χ3v) is 4.69. The molecule has 0 N–H and O–H groups in total. The van der Waals surface area contributed by atoms with Gasteiger partial charge in [0.25, 0.3) is 0 Å². The molecule has 0 aromatic heterocycles. The number of carbonyl (C=O) groups is 1. The number of rotatable bonds is 3. The highest BCUT2D eigenvalue weighted by Crippen LogP contribution is 2.40. The summed E-state index contributed by atoms with van der Waals surface area (Å²) in [5.41, 5.74) is 5.07. The molecule has 3 aromatic carbocycles. The van der Waals surface area contributed by atoms with Crippen molar-refractivity contribution in [3.05, 3.63) is 102 Å². The van der Waals surface area contributed by atoms with Crippen LogP contribution in [0.3, 0.4) is 0 Å². The van der Waals surface area contributed by atoms with Crippen LogP contribution in [0.4, 0.5) is 4.39 Å². The Morgan fingerprint density at radius 1 is 0.800 bits per heavy atom. The summed E-state index contributed by atoms with van der Waals surface area (Å²) in [5.74, 6) is -0.554. The number of hydrogen-bond donors (Lipinski definition) is 0. The van der Waals surface area contributed by atoms with Crippen LogP contribution in [0.25, 0.3) is 16.7 Å². The second kappa shape index (κ2) is 6.48. The molecule has 0 aliphatic heterocycles. The summed E-state index contributed by atoms with van der Waals surface area (Å²) in [6, 6.07) is 24.6. The first-order valence-electron chi connectivity index (χ1n) is 8.37. The van der Waals surface area contributed by atoms with E-state index in [9.17, 15) is 9.18 Å². The molecule has 1 aliphatic carbocycles. The van der Waals surface area contributed by atoms with Crippen LogP contribution < -0.4 is 0 Å². The first-order chi connectivity index (χ1) is 12.2. The first-order valence-corrected chi connectivity index (χ1v) is 8.37. The van der Waals surface area contributed by atoms with Gasteiger partial charge in [0.15, 0.2) is 5.78 Å². The molecule has 1 aliphatic rings. The molecule has 0 heterocycles. The second-order valence-electron chi connectivity index (χ2n) is 6.30. The molecule has 3 aromatic rings. The number of hydrogen-bond acceptors (Lipinski definition) is 1. The van der Waals surface area contributed by atoms with Crippen molar-refractivity contribution in [3.8, 4) is 11.1 Å². The van der Waals surface area contributed by atoms with Gasteiger partial charge in [0.05, 0.1) is 5.92 Å². The SMILES string of the molecule is O=C1C=C(c2ccccc2-c2ccccc2)CC1c1cccc(F)c1. The Bertz CT molecular complexity index is 957. The molecule has 0 radical (unpaired) electrons. The molecular weight excluding hydrogens is 311 g/mol. The van der Waals surface area contributed by atoms with Crippen LogP contribution in [-0.4, -0.2) is 5.78 Å². The van der Waals surface area contributed by atoms with Crippen molar-refractivity contribution in [2.75, 3.05) is 0 Å². The van der Waals surface area contributed by atoms with Gasteiger partial charge in [-0.1, -0.05) is 66.7 Å². The fourth-order valence-corrected chi connectivity index (χ4v) is 3.48. The summed E-state index contributed by atoms with van der Waals surface area (Å²) < 4.78 is 13.5. The standard InChI is InChI=1S/C23H17FO/c24-19-10-6-9-17(13-19)22-14-18(15-23(22)25)21-12-5-4-11-20(21)16-7-2-1-3-8-16/h1-13,15,22H,14H2. The van der Waals surface area contributed by atoms with E-state index < -0.39 is 0 Å². The fraction of sp³-hybridized carbons (Fsp3) is 0.0870. The Kier molecular flexibility index (Phi) is 4.02. The van der Waals surface area contributed by atoms with Crippen LogP contribution in [0.2, 0.25) is 0 Å². The van der Waals surface area contributed by atoms with Crippen molar-refractivity contribution < 1.29 is 9.18 Å². The third kappa shape index (κ3) is 3.03. The summed E-state index contributed by atoms with van der Waals surface area (Å²) in [4.78, 5) is 12.5. The Labute approximate surface area is 146 Å². The van der Waals surface area contributed by atoms with Crippen LogP contribution in [0, 0.1) is 5.82 Å². The molecule has 0 spiro atoms. The minimum atomic E-state index is -0.302. The average Bonchev–Trinajstić information content (AvgIpc) is 3.04. The van der Waals surface area contributed by atoms with Crippen molar-refractivity contribution in [2.45, 2.75) is 12.3 Å². The van der Waals surface area contributed by atoms with Gasteiger partial charge >= 0.3 is 0 Å². The molecule has 0 fully saturated rings. The quantitative estimate of drug-likeness (QED) is 0.609. The van der Waals surface area contributed by atoms with Crippen molar-refractivity contribution in [2.24, 2.45) is 0 Å². The smallest absolute Gasteiger partial charge is 0.163 e. The van der Waals surface area contributed by atoms with Gasteiger partial charge in [0.1, 0.15) is 5.82 Å². The predicted octanol–water partition coefficient (Wildman–Crippen LogP) is 5.63. The van der Waals surface area contributed by atoms with Gasteiger partial charge in [-0.15, -0.1) is 0 Å². The van der Waals surface area contributed by atoms with Gasteiger partial charge in [-0.2, -0.15) is 0 Å². The van der Waals surface area contributed by atoms with Gasteiger partial charge in [0.2, 0.25) is 0 Å². The number of ketones is 1. The molecule has 0 saturated heterocycles. The highest BCUT2D eigenvalue weighted by Gasteiger charge is 2.28. The van der Waals surface area contributed by atoms with Crippen LogP contribution in [-0.2, 0) is 4.79 Å². The summed E-state index contributed by atoms with van der Waals surface area (Å²) in [7, 11) is 0. The zero-order valence-corrected chi connectivity index (χ0v) is 13.7. The number of halogens is 1. The molecule has 0 saturated carbocycles. The lowest BCUT2D eigenvalue weighted by atomic mass is 9.90. The predicted molar refractivity (Wildman–Crippen MR) is 98.6 cm³/mol. The molecule has 25 heavy (non-hydrogen) atoms. The summed E-state index contributed by atoms with van der Waals surface area (Å²) in [6.45, 7) is 0. The average molecular weight is 328 g/mol. The van der Waals surface area contributed by atoms with Crippen LogP contribution in [0.15, 0.2) is 84.9 Å². The Morgan fingerprint density at radius 2 is 1.52 bits per heavy atom. The minimum absolute atomic E-state index is 0.0449. The van der Waals surface area contributed by atoms with Crippen molar-refractivity contribution >= 4 is 11.4 Å². The summed E-state index contributed by atoms with van der Waals surface area (Å²) in [6.07, 6.45) is 2.32. The maximum Gasteiger partial charge on any atom is 0.163 e. The molecule has 1 atom stereocenters. The largest absolute Gasteiger partial charge is 0.294 e. The molecule has 1 nitrogen and oxygen atoms in total. The zero-order valence-electron chi connectivity index (χ0n) is 13.7. The monoisotopic (exact) mass is 328 g/mol. The third-order valence-electron chi connectivity index (χ3n) is 4.69. The highest BCUT2D eigenvalue weighted by molar-refractivity contribution is 6.07. The minimum Gasteiger partial charge on any atom is -0.294 e. The van der Waals surface area contributed by atoms with E-state index in [1.165, 1.54) is 12.1 Å². The van der Waals surface area contributed by atoms with E-state index in [-0.39, 0.29) is 17.5 Å². The lowest BCUT2D eigenvalue weighted by Gasteiger charge is -2.13. The van der Waals surface area contributed by atoms with Crippen molar-refractivity contribution in [3.63, 3.8) is 0 Å². The lowest BCUT2D eigenvalue weighted by Crippen LogP contribution is -2.04. The zero-order chi connectivity index (χ0) is 17.2. The van der Waals surface area contributed by atoms with Crippen LogP contribution in [0.1, 0.15) is 23.5 Å². The summed E-state index contributed by atoms with van der Waals surface area (Å²) in [5, 5.41) is 0. The fourth-order valence-electron chi connectivity index (χ4n) is 3.48. The normalized spacial score (nSPS) is 16.8. The van der Waals surface area contributed by atoms with Gasteiger partial charge < -0.3 is 0 Å². The topological polar surface area (TPSA) is 17.1 Å². The van der Waals surface area contributed by atoms with Crippen molar-refractivity contribution in [1.29, 1.82) is 0 Å². The highest BCUT2D eigenvalue weighted by atomic mass is 19.1. The summed E-state index contributed by atoms with van der Waals surface area (Å²) >= 11 is 0. The van der Waals surface area contributed by atoms with Gasteiger partial charge in [-0.3, -0.25) is 4.79 Å². The van der Waals surface area contributed by atoms with Crippen LogP contribution >= 0.6 is 0 Å². The molecular formula is C23H17FO. The molecule has 0 amide bonds. The lowest BCUT2D eigenvalue weighted by molar-refractivity contribution is -0.115. The van der Waals surface area contributed by atoms with E-state index >= 15 is 0 Å². The second-order valence-corrected chi connectivity index (χ2v) is 6.30. The maximum absolute atomic E-state index is 13.5. The van der Waals surface area contributed by atoms with E-state index in [0.29, 0.717) is 6.42 Å². The van der Waals surface area contributed by atoms with E-state index in [1.807, 2.05) is 36.4 Å². The maximum atomic E-state index is 13.5. The Morgan fingerprint density at radius 3 is 2.28 bits per heavy atom. The van der Waals surface area contributed by atoms with Crippen molar-refractivity contribution in [1.82, 2.24) is 0 Å². The molecule has 1 unspecified atom stereocenters. The van der Waals surface area contributed by atoms with E-state index in [2.05, 4.69) is 24.3 Å². The molecule has 122 valence electrons. The van der Waals surface area contributed by atoms with Gasteiger partial charge in [0, 0.05) is 0 Å². The van der Waals surface area contributed by atoms with E-state index in [4.69, 9.17) is 0 Å². The van der Waals surface area contributed by atoms with Gasteiger partial charge in [-0.25, -0.2) is 4.39 Å². The first kappa shape index (κ1) is 15.5. The molecule has 2 heteroatoms. The van der Waals surface area contributed by atoms with E-state index in [0.717, 1.165) is 27.8 Å². The number of benzene rings is 3.